The van der Waals surface area contributed by atoms with E-state index in [1.807, 2.05) is 93.5 Å². The molecule has 8 fully saturated rings. The predicted molar refractivity (Wildman–Crippen MR) is 411 cm³/mol. The van der Waals surface area contributed by atoms with Crippen molar-refractivity contribution < 1.29 is 129 Å². The van der Waals surface area contributed by atoms with Crippen LogP contribution in [0.1, 0.15) is 180 Å². The van der Waals surface area contributed by atoms with Gasteiger partial charge < -0.3 is 81.3 Å². The molecular formula is C83H126Cl3NO27. The predicted octanol–water partition coefficient (Wildman–Crippen LogP) is 13.1. The minimum Gasteiger partial charge on any atom is -0.448 e. The van der Waals surface area contributed by atoms with E-state index in [1.54, 1.807) is 36.4 Å². The number of carbonyl (C=O) groups is 2. The molecule has 0 aliphatic carbocycles. The van der Waals surface area contributed by atoms with E-state index in [2.05, 4.69) is 90.0 Å². The lowest BCUT2D eigenvalue weighted by Crippen LogP contribution is -2.55. The third kappa shape index (κ3) is 29.6. The SMILES string of the molecule is CC1O[C@@H](OC(=O)c2ccccc2)C(C)[C@@H](O[C@H]2OC[C@@H](C)[C@H](C)C2O)[C@@H]1C.CC1[C@@H](O[C@@H]2C(C)C(O)OC(C)[C@H]2C)OC[C@@H](C)[C@@H]1C.CC1[C@@H](O[C@@H]2C(C)[C@@H](OC(=N)C(Cl)(Cl)Cl)OC(C)[C@H]2C)OC[C@@H](C)[C@@H]1C.CC1[C@@H](O[C@@H]2C(C)[C@H](OC(=O)c3ccccc3)OC(C)[C@H]2C)OC[C@@H](C)[C@@H]1C.O=C=O.O=C=O.O=C=O.O=C=O. The zero-order chi connectivity index (χ0) is 86.5. The Bertz CT molecular complexity index is 3110. The Labute approximate surface area is 687 Å². The zero-order valence-corrected chi connectivity index (χ0v) is 72.4. The highest BCUT2D eigenvalue weighted by atomic mass is 35.6. The number of esters is 2. The van der Waals surface area contributed by atoms with Crippen LogP contribution in [0, 0.1) is 118 Å². The molecule has 2 aromatic carbocycles. The lowest BCUT2D eigenvalue weighted by Gasteiger charge is -2.47. The minimum absolute atomic E-state index is 0.00134. The average molecular weight is 1680 g/mol. The number of carbonyl (C=O) groups excluding carboxylic acids is 10. The van der Waals surface area contributed by atoms with Crippen molar-refractivity contribution in [2.45, 2.75) is 268 Å². The van der Waals surface area contributed by atoms with Crippen LogP contribution in [0.15, 0.2) is 60.7 Å². The third-order valence-electron chi connectivity index (χ3n) is 24.6. The van der Waals surface area contributed by atoms with E-state index >= 15 is 0 Å². The van der Waals surface area contributed by atoms with E-state index in [-0.39, 0.29) is 163 Å². The highest BCUT2D eigenvalue weighted by Gasteiger charge is 2.51. The van der Waals surface area contributed by atoms with Gasteiger partial charge in [-0.25, -0.2) is 9.59 Å². The van der Waals surface area contributed by atoms with Crippen LogP contribution in [0.25, 0.3) is 0 Å². The number of rotatable bonds is 13. The summed E-state index contributed by atoms with van der Waals surface area (Å²) in [5.41, 5.74) is 1.00. The molecule has 0 radical (unpaired) electrons. The maximum absolute atomic E-state index is 12.5. The van der Waals surface area contributed by atoms with Gasteiger partial charge in [0.25, 0.3) is 3.79 Å². The number of alkyl halides is 3. The number of ether oxygens (including phenoxy) is 15. The van der Waals surface area contributed by atoms with Gasteiger partial charge in [0.05, 0.1) is 86.4 Å². The van der Waals surface area contributed by atoms with Gasteiger partial charge in [-0.05, 0) is 99.3 Å². The van der Waals surface area contributed by atoms with Gasteiger partial charge >= 0.3 is 36.5 Å². The Hall–Kier alpha value is -5.32. The molecule has 3 N–H and O–H groups in total. The number of nitrogens with one attached hydrogen (secondary N) is 1. The molecule has 0 spiro atoms. The highest BCUT2D eigenvalue weighted by Crippen LogP contribution is 2.44. The summed E-state index contributed by atoms with van der Waals surface area (Å²) in [6.45, 7) is 50.9. The van der Waals surface area contributed by atoms with Crippen LogP contribution in [0.4, 0.5) is 0 Å². The van der Waals surface area contributed by atoms with Crippen molar-refractivity contribution in [2.75, 3.05) is 26.4 Å². The first kappa shape index (κ1) is 103. The summed E-state index contributed by atoms with van der Waals surface area (Å²) >= 11 is 17.2. The minimum atomic E-state index is -1.92. The second-order valence-electron chi connectivity index (χ2n) is 32.2. The second kappa shape index (κ2) is 49.9. The fraction of sp³-hybridized carbons (Fsp3) is 0.771. The Morgan fingerprint density at radius 1 is 0.342 bits per heavy atom. The van der Waals surface area contributed by atoms with Gasteiger partial charge in [0.2, 0.25) is 24.8 Å². The molecule has 36 atom stereocenters. The molecule has 8 saturated heterocycles. The molecule has 8 aliphatic rings. The van der Waals surface area contributed by atoms with Crippen LogP contribution in [-0.4, -0.2) is 188 Å². The summed E-state index contributed by atoms with van der Waals surface area (Å²) in [5, 5.41) is 28.4. The molecule has 0 amide bonds. The number of aliphatic hydroxyl groups excluding tert-OH is 2. The molecule has 8 heterocycles. The van der Waals surface area contributed by atoms with Crippen LogP contribution in [0.3, 0.4) is 0 Å². The van der Waals surface area contributed by atoms with Crippen LogP contribution in [0.5, 0.6) is 0 Å². The topological polar surface area (TPSA) is 373 Å². The van der Waals surface area contributed by atoms with Gasteiger partial charge in [-0.3, -0.25) is 5.41 Å². The van der Waals surface area contributed by atoms with Crippen molar-refractivity contribution in [2.24, 2.45) is 112 Å². The van der Waals surface area contributed by atoms with Crippen molar-refractivity contribution in [1.29, 1.82) is 5.41 Å². The van der Waals surface area contributed by atoms with Crippen molar-refractivity contribution >= 4 is 77.2 Å². The number of hydrogen-bond acceptors (Lipinski definition) is 28. The highest BCUT2D eigenvalue weighted by molar-refractivity contribution is 6.76. The van der Waals surface area contributed by atoms with Gasteiger partial charge in [0.1, 0.15) is 6.10 Å². The third-order valence-corrected chi connectivity index (χ3v) is 25.2. The molecule has 114 heavy (non-hydrogen) atoms. The summed E-state index contributed by atoms with van der Waals surface area (Å²) in [5.74, 6) is 3.46. The molecule has 646 valence electrons. The largest absolute Gasteiger partial charge is 0.448 e. The second-order valence-corrected chi connectivity index (χ2v) is 34.5. The van der Waals surface area contributed by atoms with Crippen LogP contribution in [0.2, 0.25) is 0 Å². The molecule has 13 unspecified atom stereocenters. The van der Waals surface area contributed by atoms with E-state index in [9.17, 15) is 19.8 Å². The van der Waals surface area contributed by atoms with Gasteiger partial charge in [-0.15, -0.1) is 0 Å². The molecule has 0 saturated carbocycles. The monoisotopic (exact) mass is 1670 g/mol. The smallest absolute Gasteiger partial charge is 0.373 e. The zero-order valence-electron chi connectivity index (χ0n) is 70.1. The van der Waals surface area contributed by atoms with Crippen molar-refractivity contribution in [3.8, 4) is 0 Å². The Kier molecular flexibility index (Phi) is 45.0. The molecule has 10 rings (SSSR count). The van der Waals surface area contributed by atoms with Crippen LogP contribution < -0.4 is 0 Å². The maximum Gasteiger partial charge on any atom is 0.373 e. The Morgan fingerprint density at radius 2 is 0.588 bits per heavy atom. The first-order chi connectivity index (χ1) is 53.5. The standard InChI is InChI=1S/C23H34O5.C22H32O6.C18H30Cl3NO4.C16H30O4.4CO2/c1-13-12-25-22(15(3)14(13)2)27-20-16(4)18(6)26-23(17(20)5)28-21(24)19-10-8-7-9-11-19;1-12-11-25-22(18(23)13(12)2)27-19-14(3)16(5)26-21(15(19)4)28-20(24)17-9-7-6-8-10-17;1-8-7-23-15(10(3)9(8)2)25-14-11(4)13(6)24-16(12(14)5)26-17(22)18(19,20)21;1-8-7-18-16(10(3)9(8)2)20-14-11(4)13(6)19-15(17)12(14)5;4*2-1-3/h7-11,13-18,20,22-23H,12H2,1-6H3;6-10,12-16,18-19,21-23H,11H2,1-5H3;8-16,22H,7H2,1-6H3;8-17H,7H2,1-6H3;;;;/t13-,14+,15?,16-,17?,18?,20+,22-,23+;12-,13+,14-,15?,16?,18?,19+,21+,22-;8-,9+,10?,11-,12?,13?,14+,15-,16-;8-,9+,10?,11-,12?,13?,14+,15?,16-;;;;/m1111..../s1. The van der Waals surface area contributed by atoms with Gasteiger partial charge in [-0.1, -0.05) is 203 Å². The number of benzene rings is 2. The summed E-state index contributed by atoms with van der Waals surface area (Å²) in [6.07, 6.45) is -4.79. The molecule has 0 aromatic heterocycles. The fourth-order valence-electron chi connectivity index (χ4n) is 14.8. The lowest BCUT2D eigenvalue weighted by atomic mass is 9.82. The van der Waals surface area contributed by atoms with Gasteiger partial charge in [0, 0.05) is 65.1 Å². The van der Waals surface area contributed by atoms with Gasteiger partial charge in [0.15, 0.2) is 31.5 Å². The molecule has 0 bridgehead atoms. The average Bonchev–Trinajstić information content (AvgIpc) is 0.804. The molecule has 2 aromatic rings. The van der Waals surface area contributed by atoms with E-state index < -0.39 is 53.2 Å². The summed E-state index contributed by atoms with van der Waals surface area (Å²) in [6, 6.07) is 17.9. The number of hydrogen-bond donors (Lipinski definition) is 3. The van der Waals surface area contributed by atoms with Crippen molar-refractivity contribution in [3.05, 3.63) is 71.8 Å². The summed E-state index contributed by atoms with van der Waals surface area (Å²) in [7, 11) is 0. The van der Waals surface area contributed by atoms with Gasteiger partial charge in [-0.2, -0.15) is 38.4 Å². The lowest BCUT2D eigenvalue weighted by molar-refractivity contribution is -0.309. The van der Waals surface area contributed by atoms with Crippen molar-refractivity contribution in [3.63, 3.8) is 0 Å². The summed E-state index contributed by atoms with van der Waals surface area (Å²) in [4.78, 5) is 90.0. The van der Waals surface area contributed by atoms with Crippen molar-refractivity contribution in [1.82, 2.24) is 0 Å². The first-order valence-electron chi connectivity index (χ1n) is 39.4. The van der Waals surface area contributed by atoms with Crippen LogP contribution in [-0.2, 0) is 109 Å². The van der Waals surface area contributed by atoms with Crippen LogP contribution >= 0.6 is 34.8 Å². The van der Waals surface area contributed by atoms with E-state index in [0.717, 1.165) is 6.61 Å². The fourth-order valence-corrected chi connectivity index (χ4v) is 14.9. The Balaban J connectivity index is 0.000000377. The molecule has 8 aliphatic heterocycles. The molecule has 31 heteroatoms. The van der Waals surface area contributed by atoms with E-state index in [0.29, 0.717) is 78.3 Å². The Morgan fingerprint density at radius 3 is 0.877 bits per heavy atom. The number of aliphatic hydroxyl groups is 2. The maximum atomic E-state index is 12.5. The quantitative estimate of drug-likeness (QED) is 0.0725. The van der Waals surface area contributed by atoms with E-state index in [4.69, 9.17) is 150 Å². The molecule has 28 nitrogen and oxygen atoms in total. The number of halogens is 3. The first-order valence-corrected chi connectivity index (χ1v) is 40.5. The van der Waals surface area contributed by atoms with E-state index in [1.165, 1.54) is 0 Å². The summed E-state index contributed by atoms with van der Waals surface area (Å²) < 4.78 is 87.4. The molecular weight excluding hydrogens is 1550 g/mol. The normalized spacial score (nSPS) is 40.2.